The van der Waals surface area contributed by atoms with Gasteiger partial charge in [-0.3, -0.25) is 18.9 Å². The Bertz CT molecular complexity index is 1620. The molecule has 242 valence electrons. The van der Waals surface area contributed by atoms with E-state index in [2.05, 4.69) is 25.6 Å². The van der Waals surface area contributed by atoms with E-state index in [4.69, 9.17) is 19.7 Å². The summed E-state index contributed by atoms with van der Waals surface area (Å²) < 4.78 is 16.2. The highest BCUT2D eigenvalue weighted by molar-refractivity contribution is 8.17. The molecule has 2 bridgehead atoms. The molecular weight excluding hydrogens is 631 g/mol. The Hall–Kier alpha value is -4.36. The lowest BCUT2D eigenvalue weighted by molar-refractivity contribution is -0.169. The van der Waals surface area contributed by atoms with Crippen LogP contribution in [-0.2, 0) is 14.3 Å². The number of benzene rings is 2. The van der Waals surface area contributed by atoms with E-state index in [1.807, 2.05) is 19.9 Å². The van der Waals surface area contributed by atoms with Gasteiger partial charge in [0.1, 0.15) is 23.7 Å². The van der Waals surface area contributed by atoms with Gasteiger partial charge < -0.3 is 25.4 Å². The molecule has 0 saturated carbocycles. The van der Waals surface area contributed by atoms with Crippen molar-refractivity contribution in [2.75, 3.05) is 13.2 Å². The molecule has 13 nitrogen and oxygen atoms in total. The van der Waals surface area contributed by atoms with Gasteiger partial charge in [0.2, 0.25) is 11.0 Å². The Morgan fingerprint density at radius 2 is 1.78 bits per heavy atom. The molecule has 0 radical (unpaired) electrons. The second-order valence-corrected chi connectivity index (χ2v) is 12.1. The second-order valence-electron chi connectivity index (χ2n) is 10.2. The van der Waals surface area contributed by atoms with Crippen molar-refractivity contribution < 1.29 is 33.3 Å². The Labute approximate surface area is 272 Å². The van der Waals surface area contributed by atoms with Gasteiger partial charge in [-0.1, -0.05) is 49.0 Å². The van der Waals surface area contributed by atoms with E-state index in [0.717, 1.165) is 11.8 Å². The third-order valence-corrected chi connectivity index (χ3v) is 8.55. The fourth-order valence-electron chi connectivity index (χ4n) is 4.29. The Morgan fingerprint density at radius 1 is 1.09 bits per heavy atom. The molecule has 0 spiro atoms. The lowest BCUT2D eigenvalue weighted by Gasteiger charge is -2.15. The highest BCUT2D eigenvalue weighted by atomic mass is 32.2. The largest absolute Gasteiger partial charge is 0.574 e. The molecule has 2 aromatic carbocycles. The summed E-state index contributed by atoms with van der Waals surface area (Å²) in [5, 5.41) is 2.73. The predicted molar refractivity (Wildman–Crippen MR) is 175 cm³/mol. The number of ether oxygens (including phenoxy) is 2. The summed E-state index contributed by atoms with van der Waals surface area (Å²) in [4.78, 5) is 63.1. The van der Waals surface area contributed by atoms with Crippen LogP contribution in [0.25, 0.3) is 0 Å². The smallest absolute Gasteiger partial charge is 0.412 e. The number of allylic oxidation sites excluding steroid dienone is 1. The monoisotopic (exact) mass is 666 g/mol. The normalized spacial score (nSPS) is 16.7. The summed E-state index contributed by atoms with van der Waals surface area (Å²) in [6.07, 6.45) is 0.957. The zero-order chi connectivity index (χ0) is 33.2. The number of carbonyl (C=O) groups is 3. The number of carbonyl (C=O) groups excluding carboxylic acids is 3. The fraction of sp³-hybridized carbons (Fsp3) is 0.323. The Morgan fingerprint density at radius 3 is 2.43 bits per heavy atom. The van der Waals surface area contributed by atoms with Gasteiger partial charge in [-0.2, -0.15) is 5.43 Å². The number of fused-ring (bicyclic) bond motifs is 2. The topological polar surface area (TPSA) is 189 Å². The summed E-state index contributed by atoms with van der Waals surface area (Å²) in [5.41, 5.74) is 10.7. The number of rotatable bonds is 15. The van der Waals surface area contributed by atoms with Crippen LogP contribution < -0.4 is 30.6 Å². The maximum atomic E-state index is 13.3. The molecule has 0 saturated heterocycles. The highest BCUT2D eigenvalue weighted by Gasteiger charge is 2.37. The molecule has 46 heavy (non-hydrogen) atoms. The standard InChI is InChI=1S/C31H35N6O7PS/c1-5-16-43-30(39)20(4)36-37-45(41)44-23-13-11-22(12-14-23)42-17-15-24(46-31(40)21-9-7-6-8-10-21)18(2)29(38)34-26-25-19(3)33-28(26)35-27(25)32/h6-14,20,26,36H,5,15-17H2,1-4H3,(H,34,38)(H2,32,33,35)/b24-18-/t20-,26-/m0/s1. The molecule has 1 amide bonds. The van der Waals surface area contributed by atoms with Crippen LogP contribution in [0.15, 0.2) is 91.2 Å². The van der Waals surface area contributed by atoms with E-state index in [1.165, 1.54) is 0 Å². The Balaban J connectivity index is 1.36. The number of aliphatic imine (C=N–C) groups is 2. The number of nitrogens with zero attached hydrogens (tertiary/aromatic N) is 3. The van der Waals surface area contributed by atoms with Crippen LogP contribution in [0, 0.1) is 0 Å². The van der Waals surface area contributed by atoms with E-state index in [0.29, 0.717) is 57.8 Å². The SMILES string of the molecule is CCCOC(=O)[C@H](C)N/N=[P+](\[O-])Oc1ccc(OCC/C(SC(=O)c2ccccc2)=C(\C)C(=O)N[C@@H]2C3=NC(C)=C2C(N)=N3)cc1. The minimum absolute atomic E-state index is 0.158. The number of hydrogen-bond acceptors (Lipinski definition) is 12. The van der Waals surface area contributed by atoms with Gasteiger partial charge in [-0.15, -0.1) is 0 Å². The first kappa shape index (κ1) is 34.5. The quantitative estimate of drug-likeness (QED) is 0.109. The molecule has 1 unspecified atom stereocenters. The van der Waals surface area contributed by atoms with Gasteiger partial charge in [-0.05, 0) is 51.5 Å². The van der Waals surface area contributed by atoms with Crippen LogP contribution in [0.5, 0.6) is 11.5 Å². The molecule has 2 aliphatic rings. The third-order valence-electron chi connectivity index (χ3n) is 6.73. The number of thioether (sulfide) groups is 1. The maximum absolute atomic E-state index is 13.3. The number of hydrogen-bond donors (Lipinski definition) is 3. The van der Waals surface area contributed by atoms with Gasteiger partial charge in [0, 0.05) is 38.6 Å². The fourth-order valence-corrected chi connectivity index (χ4v) is 5.81. The average Bonchev–Trinajstić information content (AvgIpc) is 3.52. The van der Waals surface area contributed by atoms with Crippen molar-refractivity contribution in [3.63, 3.8) is 0 Å². The molecule has 4 rings (SSSR count). The van der Waals surface area contributed by atoms with Crippen molar-refractivity contribution in [2.45, 2.75) is 52.6 Å². The number of amidine groups is 2. The zero-order valence-electron chi connectivity index (χ0n) is 25.8. The van der Waals surface area contributed by atoms with Crippen molar-refractivity contribution in [1.82, 2.24) is 10.7 Å². The van der Waals surface area contributed by atoms with Crippen LogP contribution in [0.1, 0.15) is 50.9 Å². The molecule has 3 atom stereocenters. The molecule has 4 N–H and O–H groups in total. The van der Waals surface area contributed by atoms with Crippen molar-refractivity contribution in [1.29, 1.82) is 0 Å². The first-order valence-electron chi connectivity index (χ1n) is 14.5. The van der Waals surface area contributed by atoms with Crippen LogP contribution in [0.4, 0.5) is 0 Å². The first-order chi connectivity index (χ1) is 22.1. The molecule has 2 aliphatic heterocycles. The molecule has 2 aromatic rings. The summed E-state index contributed by atoms with van der Waals surface area (Å²) >= 11 is 0.973. The maximum Gasteiger partial charge on any atom is 0.412 e. The van der Waals surface area contributed by atoms with Crippen LogP contribution in [0.3, 0.4) is 0 Å². The van der Waals surface area contributed by atoms with Crippen molar-refractivity contribution >= 4 is 48.6 Å². The van der Waals surface area contributed by atoms with E-state index in [9.17, 15) is 19.3 Å². The molecule has 0 fully saturated rings. The summed E-state index contributed by atoms with van der Waals surface area (Å²) in [6.45, 7) is 7.34. The minimum atomic E-state index is -2.50. The minimum Gasteiger partial charge on any atom is -0.574 e. The molecule has 15 heteroatoms. The number of amides is 1. The van der Waals surface area contributed by atoms with Crippen molar-refractivity contribution in [3.05, 3.63) is 81.9 Å². The van der Waals surface area contributed by atoms with E-state index in [-0.39, 0.29) is 29.8 Å². The third kappa shape index (κ3) is 9.10. The number of nitrogens with one attached hydrogen (secondary N) is 2. The molecule has 0 aliphatic carbocycles. The lowest BCUT2D eigenvalue weighted by Crippen LogP contribution is -2.39. The zero-order valence-corrected chi connectivity index (χ0v) is 27.5. The summed E-state index contributed by atoms with van der Waals surface area (Å²) in [6, 6.07) is 13.9. The number of nitrogens with two attached hydrogens (primary N) is 1. The van der Waals surface area contributed by atoms with Crippen molar-refractivity contribution in [2.24, 2.45) is 20.6 Å². The molecule has 2 heterocycles. The summed E-state index contributed by atoms with van der Waals surface area (Å²) in [7, 11) is -2.50. The van der Waals surface area contributed by atoms with Crippen LogP contribution in [0.2, 0.25) is 0 Å². The first-order valence-corrected chi connectivity index (χ1v) is 16.4. The average molecular weight is 667 g/mol. The molecule has 0 aromatic heterocycles. The second kappa shape index (κ2) is 16.3. The van der Waals surface area contributed by atoms with Gasteiger partial charge in [-0.25, -0.2) is 9.98 Å². The van der Waals surface area contributed by atoms with Gasteiger partial charge in [0.25, 0.3) is 0 Å². The predicted octanol–water partition coefficient (Wildman–Crippen LogP) is 3.93. The van der Waals surface area contributed by atoms with Gasteiger partial charge in [0.15, 0.2) is 11.6 Å². The van der Waals surface area contributed by atoms with Gasteiger partial charge in [0.05, 0.1) is 13.2 Å². The van der Waals surface area contributed by atoms with Crippen LogP contribution in [-0.4, -0.2) is 54.0 Å². The van der Waals surface area contributed by atoms with E-state index in [1.54, 1.807) is 62.4 Å². The van der Waals surface area contributed by atoms with E-state index < -0.39 is 26.2 Å². The number of esters is 1. The lowest BCUT2D eigenvalue weighted by atomic mass is 10.1. The highest BCUT2D eigenvalue weighted by Crippen LogP contribution is 2.31. The molecular formula is C31H35N6O7PS. The van der Waals surface area contributed by atoms with E-state index >= 15 is 0 Å². The summed E-state index contributed by atoms with van der Waals surface area (Å²) in [5.74, 6) is 0.660. The van der Waals surface area contributed by atoms with Crippen molar-refractivity contribution in [3.8, 4) is 11.5 Å². The van der Waals surface area contributed by atoms with Crippen LogP contribution >= 0.6 is 19.9 Å². The Kier molecular flexibility index (Phi) is 12.2. The van der Waals surface area contributed by atoms with Gasteiger partial charge >= 0.3 is 14.1 Å².